The van der Waals surface area contributed by atoms with Crippen molar-refractivity contribution in [3.05, 3.63) is 23.9 Å². The summed E-state index contributed by atoms with van der Waals surface area (Å²) in [4.78, 5) is 6.03. The van der Waals surface area contributed by atoms with Crippen LogP contribution in [0, 0.1) is 5.92 Å². The number of hydrogen-bond acceptors (Lipinski definition) is 3. The van der Waals surface area contributed by atoms with Gasteiger partial charge in [-0.3, -0.25) is 0 Å². The van der Waals surface area contributed by atoms with Gasteiger partial charge in [-0.1, -0.05) is 0 Å². The monoisotopic (exact) mass is 257 g/mol. The van der Waals surface area contributed by atoms with Crippen LogP contribution < -0.4 is 10.2 Å². The SMILES string of the molecule is FC(F)(F)c1ccnc(N2CC3CCNCC32)c1. The highest BCUT2D eigenvalue weighted by Gasteiger charge is 2.41. The summed E-state index contributed by atoms with van der Waals surface area (Å²) in [6, 6.07) is 2.46. The third kappa shape index (κ3) is 1.94. The zero-order valence-electron chi connectivity index (χ0n) is 9.74. The van der Waals surface area contributed by atoms with Crippen LogP contribution in [0.1, 0.15) is 12.0 Å². The minimum absolute atomic E-state index is 0.301. The summed E-state index contributed by atoms with van der Waals surface area (Å²) in [6.45, 7) is 2.66. The van der Waals surface area contributed by atoms with E-state index < -0.39 is 11.7 Å². The molecule has 2 aliphatic rings. The molecule has 3 heterocycles. The molecular weight excluding hydrogens is 243 g/mol. The molecule has 0 bridgehead atoms. The van der Waals surface area contributed by atoms with Crippen molar-refractivity contribution in [2.24, 2.45) is 5.92 Å². The summed E-state index contributed by atoms with van der Waals surface area (Å²) in [5.74, 6) is 1.04. The minimum atomic E-state index is -4.30. The topological polar surface area (TPSA) is 28.2 Å². The molecule has 2 saturated heterocycles. The molecule has 2 unspecified atom stereocenters. The summed E-state index contributed by atoms with van der Waals surface area (Å²) in [7, 11) is 0. The Hall–Kier alpha value is -1.30. The lowest BCUT2D eigenvalue weighted by atomic mass is 9.83. The Bertz CT molecular complexity index is 446. The predicted molar refractivity (Wildman–Crippen MR) is 61.3 cm³/mol. The molecule has 1 aromatic heterocycles. The Morgan fingerprint density at radius 1 is 1.39 bits per heavy atom. The second kappa shape index (κ2) is 4.12. The normalized spacial score (nSPS) is 27.6. The summed E-state index contributed by atoms with van der Waals surface area (Å²) in [5, 5.41) is 3.27. The van der Waals surface area contributed by atoms with E-state index in [9.17, 15) is 13.2 Å². The van der Waals surface area contributed by atoms with E-state index in [1.54, 1.807) is 0 Å². The van der Waals surface area contributed by atoms with Gasteiger partial charge in [-0.15, -0.1) is 0 Å². The van der Waals surface area contributed by atoms with Gasteiger partial charge in [-0.2, -0.15) is 13.2 Å². The molecule has 2 fully saturated rings. The number of piperidine rings is 1. The lowest BCUT2D eigenvalue weighted by Gasteiger charge is -2.51. The maximum atomic E-state index is 12.6. The van der Waals surface area contributed by atoms with Crippen molar-refractivity contribution in [1.29, 1.82) is 0 Å². The van der Waals surface area contributed by atoms with Gasteiger partial charge in [0.1, 0.15) is 5.82 Å². The molecule has 98 valence electrons. The van der Waals surface area contributed by atoms with E-state index >= 15 is 0 Å². The van der Waals surface area contributed by atoms with Gasteiger partial charge < -0.3 is 10.2 Å². The highest BCUT2D eigenvalue weighted by molar-refractivity contribution is 5.46. The van der Waals surface area contributed by atoms with Crippen LogP contribution in [0.5, 0.6) is 0 Å². The van der Waals surface area contributed by atoms with Gasteiger partial charge in [0.15, 0.2) is 0 Å². The van der Waals surface area contributed by atoms with Gasteiger partial charge in [0, 0.05) is 25.3 Å². The van der Waals surface area contributed by atoms with Crippen LogP contribution in [0.4, 0.5) is 19.0 Å². The first kappa shape index (κ1) is 11.8. The van der Waals surface area contributed by atoms with Gasteiger partial charge in [-0.25, -0.2) is 4.98 Å². The summed E-state index contributed by atoms with van der Waals surface area (Å²) >= 11 is 0. The number of rotatable bonds is 1. The smallest absolute Gasteiger partial charge is 0.352 e. The number of fused-ring (bicyclic) bond motifs is 1. The van der Waals surface area contributed by atoms with Crippen LogP contribution in [0.3, 0.4) is 0 Å². The van der Waals surface area contributed by atoms with Crippen molar-refractivity contribution in [1.82, 2.24) is 10.3 Å². The van der Waals surface area contributed by atoms with Gasteiger partial charge in [0.2, 0.25) is 0 Å². The van der Waals surface area contributed by atoms with Crippen molar-refractivity contribution < 1.29 is 13.2 Å². The lowest BCUT2D eigenvalue weighted by molar-refractivity contribution is -0.137. The molecule has 2 aliphatic heterocycles. The lowest BCUT2D eigenvalue weighted by Crippen LogP contribution is -2.64. The Balaban J connectivity index is 1.81. The summed E-state index contributed by atoms with van der Waals surface area (Å²) in [5.41, 5.74) is -0.625. The molecular formula is C12H14F3N3. The first-order valence-electron chi connectivity index (χ1n) is 6.06. The molecule has 3 rings (SSSR count). The number of hydrogen-bond donors (Lipinski definition) is 1. The Morgan fingerprint density at radius 3 is 2.94 bits per heavy atom. The fourth-order valence-electron chi connectivity index (χ4n) is 2.74. The molecule has 0 saturated carbocycles. The second-order valence-corrected chi connectivity index (χ2v) is 4.87. The van der Waals surface area contributed by atoms with Crippen molar-refractivity contribution in [2.45, 2.75) is 18.6 Å². The van der Waals surface area contributed by atoms with E-state index in [1.165, 1.54) is 6.20 Å². The fourth-order valence-corrected chi connectivity index (χ4v) is 2.74. The third-order valence-electron chi connectivity index (χ3n) is 3.79. The fraction of sp³-hybridized carbons (Fsp3) is 0.583. The third-order valence-corrected chi connectivity index (χ3v) is 3.79. The Labute approximate surface area is 103 Å². The van der Waals surface area contributed by atoms with Gasteiger partial charge >= 0.3 is 6.18 Å². The summed E-state index contributed by atoms with van der Waals surface area (Å²) < 4.78 is 37.9. The molecule has 0 aromatic carbocycles. The molecule has 1 aromatic rings. The van der Waals surface area contributed by atoms with Crippen LogP contribution in [0.2, 0.25) is 0 Å². The number of pyridine rings is 1. The first-order chi connectivity index (χ1) is 8.55. The Morgan fingerprint density at radius 2 is 2.22 bits per heavy atom. The molecule has 6 heteroatoms. The van der Waals surface area contributed by atoms with E-state index in [0.717, 1.165) is 38.2 Å². The molecule has 2 atom stereocenters. The van der Waals surface area contributed by atoms with Crippen LogP contribution in [-0.4, -0.2) is 30.7 Å². The largest absolute Gasteiger partial charge is 0.416 e. The number of anilines is 1. The van der Waals surface area contributed by atoms with E-state index in [2.05, 4.69) is 10.3 Å². The number of halogens is 3. The quantitative estimate of drug-likeness (QED) is 0.833. The van der Waals surface area contributed by atoms with E-state index in [0.29, 0.717) is 17.8 Å². The average molecular weight is 257 g/mol. The molecule has 0 spiro atoms. The number of aromatic nitrogens is 1. The van der Waals surface area contributed by atoms with Gasteiger partial charge in [0.25, 0.3) is 0 Å². The van der Waals surface area contributed by atoms with Crippen molar-refractivity contribution >= 4 is 5.82 Å². The molecule has 3 nitrogen and oxygen atoms in total. The van der Waals surface area contributed by atoms with Crippen LogP contribution >= 0.6 is 0 Å². The van der Waals surface area contributed by atoms with Gasteiger partial charge in [0.05, 0.1) is 5.56 Å². The first-order valence-corrected chi connectivity index (χ1v) is 6.06. The number of nitrogens with zero attached hydrogens (tertiary/aromatic N) is 2. The van der Waals surface area contributed by atoms with E-state index in [4.69, 9.17) is 0 Å². The molecule has 0 aliphatic carbocycles. The van der Waals surface area contributed by atoms with E-state index in [1.807, 2.05) is 4.90 Å². The maximum absolute atomic E-state index is 12.6. The van der Waals surface area contributed by atoms with Crippen LogP contribution in [-0.2, 0) is 6.18 Å². The standard InChI is InChI=1S/C12H14F3N3/c13-12(14,15)9-2-4-17-11(5-9)18-7-8-1-3-16-6-10(8)18/h2,4-5,8,10,16H,1,3,6-7H2. The second-order valence-electron chi connectivity index (χ2n) is 4.87. The predicted octanol–water partition coefficient (Wildman–Crippen LogP) is 1.90. The molecule has 18 heavy (non-hydrogen) atoms. The summed E-state index contributed by atoms with van der Waals surface area (Å²) in [6.07, 6.45) is -1.96. The Kier molecular flexibility index (Phi) is 2.69. The average Bonchev–Trinajstić information content (AvgIpc) is 2.30. The maximum Gasteiger partial charge on any atom is 0.416 e. The van der Waals surface area contributed by atoms with Crippen molar-refractivity contribution in [2.75, 3.05) is 24.5 Å². The number of alkyl halides is 3. The van der Waals surface area contributed by atoms with Crippen molar-refractivity contribution in [3.63, 3.8) is 0 Å². The van der Waals surface area contributed by atoms with Crippen LogP contribution in [0.15, 0.2) is 18.3 Å². The zero-order chi connectivity index (χ0) is 12.8. The minimum Gasteiger partial charge on any atom is -0.352 e. The zero-order valence-corrected chi connectivity index (χ0v) is 9.74. The highest BCUT2D eigenvalue weighted by atomic mass is 19.4. The van der Waals surface area contributed by atoms with Crippen molar-refractivity contribution in [3.8, 4) is 0 Å². The molecule has 0 radical (unpaired) electrons. The highest BCUT2D eigenvalue weighted by Crippen LogP contribution is 2.36. The number of nitrogens with one attached hydrogen (secondary N) is 1. The van der Waals surface area contributed by atoms with E-state index in [-0.39, 0.29) is 0 Å². The van der Waals surface area contributed by atoms with Crippen LogP contribution in [0.25, 0.3) is 0 Å². The van der Waals surface area contributed by atoms with Gasteiger partial charge in [-0.05, 0) is 31.0 Å². The molecule has 0 amide bonds. The molecule has 1 N–H and O–H groups in total.